The zero-order valence-electron chi connectivity index (χ0n) is 14.2. The molecule has 1 N–H and O–H groups in total. The Morgan fingerprint density at radius 2 is 2.12 bits per heavy atom. The lowest BCUT2D eigenvalue weighted by Crippen LogP contribution is -2.39. The number of carbonyl (C=O) groups is 1. The van der Waals surface area contributed by atoms with Crippen molar-refractivity contribution in [1.29, 1.82) is 0 Å². The van der Waals surface area contributed by atoms with Crippen molar-refractivity contribution >= 4 is 34.1 Å². The molecule has 134 valence electrons. The van der Waals surface area contributed by atoms with E-state index in [0.717, 1.165) is 41.9 Å². The first kappa shape index (κ1) is 17.1. The Labute approximate surface area is 155 Å². The van der Waals surface area contributed by atoms with Crippen molar-refractivity contribution in [2.75, 3.05) is 18.4 Å². The van der Waals surface area contributed by atoms with Crippen molar-refractivity contribution in [2.24, 2.45) is 5.92 Å². The number of rotatable bonds is 6. The van der Waals surface area contributed by atoms with E-state index in [9.17, 15) is 4.79 Å². The van der Waals surface area contributed by atoms with Gasteiger partial charge < -0.3 is 14.6 Å². The number of thioether (sulfide) groups is 1. The second kappa shape index (κ2) is 7.47. The van der Waals surface area contributed by atoms with Crippen LogP contribution in [0.5, 0.6) is 0 Å². The Hall–Kier alpha value is -1.38. The largest absolute Gasteiger partial charge is 0.445 e. The zero-order valence-corrected chi connectivity index (χ0v) is 15.9. The molecule has 0 spiro atoms. The highest BCUT2D eigenvalue weighted by atomic mass is 32.2. The number of hydrogen-bond acceptors (Lipinski definition) is 7. The van der Waals surface area contributed by atoms with Gasteiger partial charge in [0, 0.05) is 12.0 Å². The van der Waals surface area contributed by atoms with E-state index in [1.165, 1.54) is 24.2 Å². The minimum absolute atomic E-state index is 0.115. The van der Waals surface area contributed by atoms with Crippen LogP contribution >= 0.6 is 23.1 Å². The van der Waals surface area contributed by atoms with Gasteiger partial charge in [-0.25, -0.2) is 9.97 Å². The number of aromatic nitrogens is 2. The van der Waals surface area contributed by atoms with E-state index in [2.05, 4.69) is 20.2 Å². The average molecular weight is 379 g/mol. The lowest BCUT2D eigenvalue weighted by molar-refractivity contribution is -0.121. The molecule has 1 saturated heterocycles. The molecule has 0 unspecified atom stereocenters. The maximum absolute atomic E-state index is 12.5. The molecule has 2 aromatic rings. The van der Waals surface area contributed by atoms with Crippen molar-refractivity contribution in [3.63, 3.8) is 0 Å². The fraction of sp³-hybridized carbons (Fsp3) is 0.588. The third-order valence-corrected chi connectivity index (χ3v) is 6.78. The average Bonchev–Trinajstić information content (AvgIpc) is 3.25. The number of piperidine rings is 1. The lowest BCUT2D eigenvalue weighted by Gasteiger charge is -2.31. The quantitative estimate of drug-likeness (QED) is 0.775. The van der Waals surface area contributed by atoms with Crippen LogP contribution in [0.4, 0.5) is 5.13 Å². The summed E-state index contributed by atoms with van der Waals surface area (Å²) in [5, 5.41) is 3.67. The fourth-order valence-corrected chi connectivity index (χ4v) is 4.89. The summed E-state index contributed by atoms with van der Waals surface area (Å²) in [5.74, 6) is 2.43. The molecule has 8 heteroatoms. The normalized spacial score (nSPS) is 19.2. The number of nitrogens with one attached hydrogen (secondary N) is 1. The second-order valence-corrected chi connectivity index (χ2v) is 8.97. The molecule has 0 radical (unpaired) electrons. The Balaban J connectivity index is 1.25. The molecule has 3 heterocycles. The number of thiazole rings is 1. The van der Waals surface area contributed by atoms with Gasteiger partial charge in [0.1, 0.15) is 5.76 Å². The highest BCUT2D eigenvalue weighted by molar-refractivity contribution is 8.00. The first-order chi connectivity index (χ1) is 12.2. The Morgan fingerprint density at radius 1 is 1.32 bits per heavy atom. The summed E-state index contributed by atoms with van der Waals surface area (Å²) in [7, 11) is 0. The van der Waals surface area contributed by atoms with Gasteiger partial charge in [-0.15, -0.1) is 11.8 Å². The number of anilines is 1. The van der Waals surface area contributed by atoms with Crippen molar-refractivity contribution in [3.05, 3.63) is 24.0 Å². The highest BCUT2D eigenvalue weighted by Gasteiger charge is 2.33. The van der Waals surface area contributed by atoms with E-state index in [0.29, 0.717) is 16.8 Å². The molecular weight excluding hydrogens is 356 g/mol. The number of hydrogen-bond donors (Lipinski definition) is 1. The molecule has 0 bridgehead atoms. The van der Waals surface area contributed by atoms with E-state index >= 15 is 0 Å². The number of oxazole rings is 1. The van der Waals surface area contributed by atoms with Gasteiger partial charge in [0.2, 0.25) is 11.8 Å². The van der Waals surface area contributed by atoms with Gasteiger partial charge in [0.25, 0.3) is 0 Å². The molecule has 2 fully saturated rings. The molecule has 4 rings (SSSR count). The summed E-state index contributed by atoms with van der Waals surface area (Å²) >= 11 is 3.13. The topological polar surface area (TPSA) is 71.3 Å². The van der Waals surface area contributed by atoms with Crippen molar-refractivity contribution in [2.45, 2.75) is 48.6 Å². The van der Waals surface area contributed by atoms with Gasteiger partial charge in [-0.1, -0.05) is 11.3 Å². The SMILES string of the molecule is Cc1cnc(CSc2cnc(NC(=O)C3CCN(C4CC4)CC3)s2)o1. The van der Waals surface area contributed by atoms with Crippen LogP contribution in [0.1, 0.15) is 37.3 Å². The monoisotopic (exact) mass is 378 g/mol. The molecule has 2 aliphatic rings. The zero-order chi connectivity index (χ0) is 17.2. The maximum atomic E-state index is 12.5. The minimum Gasteiger partial charge on any atom is -0.445 e. The number of amides is 1. The molecule has 1 saturated carbocycles. The van der Waals surface area contributed by atoms with E-state index in [1.54, 1.807) is 24.2 Å². The molecule has 2 aromatic heterocycles. The van der Waals surface area contributed by atoms with Crippen LogP contribution in [0.2, 0.25) is 0 Å². The molecule has 1 aliphatic carbocycles. The van der Waals surface area contributed by atoms with Gasteiger partial charge >= 0.3 is 0 Å². The molecule has 1 amide bonds. The predicted octanol–water partition coefficient (Wildman–Crippen LogP) is 3.54. The number of likely N-dealkylation sites (tertiary alicyclic amines) is 1. The van der Waals surface area contributed by atoms with Crippen molar-refractivity contribution in [3.8, 4) is 0 Å². The van der Waals surface area contributed by atoms with Crippen LogP contribution in [0.25, 0.3) is 0 Å². The smallest absolute Gasteiger partial charge is 0.229 e. The highest BCUT2D eigenvalue weighted by Crippen LogP contribution is 2.33. The summed E-state index contributed by atoms with van der Waals surface area (Å²) in [4.78, 5) is 23.5. The maximum Gasteiger partial charge on any atom is 0.229 e. The summed E-state index contributed by atoms with van der Waals surface area (Å²) < 4.78 is 6.51. The summed E-state index contributed by atoms with van der Waals surface area (Å²) in [6.45, 7) is 3.99. The van der Waals surface area contributed by atoms with Crippen molar-refractivity contribution < 1.29 is 9.21 Å². The second-order valence-electron chi connectivity index (χ2n) is 6.67. The first-order valence-electron chi connectivity index (χ1n) is 8.72. The number of carbonyl (C=O) groups excluding carboxylic acids is 1. The van der Waals surface area contributed by atoms with Crippen LogP contribution < -0.4 is 5.32 Å². The number of aryl methyl sites for hydroxylation is 1. The first-order valence-corrected chi connectivity index (χ1v) is 10.5. The lowest BCUT2D eigenvalue weighted by atomic mass is 9.96. The summed E-state index contributed by atoms with van der Waals surface area (Å²) in [6, 6.07) is 0.801. The molecule has 0 aromatic carbocycles. The van der Waals surface area contributed by atoms with Crippen molar-refractivity contribution in [1.82, 2.24) is 14.9 Å². The van der Waals surface area contributed by atoms with E-state index in [4.69, 9.17) is 4.42 Å². The molecule has 0 atom stereocenters. The third-order valence-electron chi connectivity index (χ3n) is 4.69. The molecular formula is C17H22N4O2S2. The van der Waals surface area contributed by atoms with Gasteiger partial charge in [0.05, 0.1) is 22.4 Å². The van der Waals surface area contributed by atoms with Crippen LogP contribution in [0.3, 0.4) is 0 Å². The summed E-state index contributed by atoms with van der Waals surface area (Å²) in [5.41, 5.74) is 0. The van der Waals surface area contributed by atoms with E-state index in [1.807, 2.05) is 6.92 Å². The van der Waals surface area contributed by atoms with Crippen LogP contribution in [0, 0.1) is 12.8 Å². The Morgan fingerprint density at radius 3 is 2.80 bits per heavy atom. The van der Waals surface area contributed by atoms with Gasteiger partial charge in [-0.05, 0) is 45.7 Å². The van der Waals surface area contributed by atoms with E-state index < -0.39 is 0 Å². The van der Waals surface area contributed by atoms with Crippen LogP contribution in [-0.2, 0) is 10.5 Å². The fourth-order valence-electron chi connectivity index (χ4n) is 3.16. The Bertz CT molecular complexity index is 733. The molecule has 6 nitrogen and oxygen atoms in total. The molecule has 1 aliphatic heterocycles. The third kappa shape index (κ3) is 4.43. The van der Waals surface area contributed by atoms with Crippen LogP contribution in [-0.4, -0.2) is 39.9 Å². The number of nitrogens with zero attached hydrogens (tertiary/aromatic N) is 3. The van der Waals surface area contributed by atoms with Gasteiger partial charge in [-0.2, -0.15) is 0 Å². The van der Waals surface area contributed by atoms with Gasteiger partial charge in [0.15, 0.2) is 5.13 Å². The summed E-state index contributed by atoms with van der Waals surface area (Å²) in [6.07, 6.45) is 8.11. The Kier molecular flexibility index (Phi) is 5.10. The standard InChI is InChI=1S/C17H22N4O2S2/c1-11-8-18-14(23-11)10-24-15-9-19-17(25-15)20-16(22)12-4-6-21(7-5-12)13-2-3-13/h8-9,12-13H,2-7,10H2,1H3,(H,19,20,22). The molecule has 25 heavy (non-hydrogen) atoms. The van der Waals surface area contributed by atoms with E-state index in [-0.39, 0.29) is 11.8 Å². The predicted molar refractivity (Wildman–Crippen MR) is 98.9 cm³/mol. The van der Waals surface area contributed by atoms with Crippen LogP contribution in [0.15, 0.2) is 21.0 Å². The minimum atomic E-state index is 0.115. The van der Waals surface area contributed by atoms with Gasteiger partial charge in [-0.3, -0.25) is 4.79 Å².